The van der Waals surface area contributed by atoms with Gasteiger partial charge in [-0.25, -0.2) is 0 Å². The Morgan fingerprint density at radius 3 is 2.60 bits per heavy atom. The van der Waals surface area contributed by atoms with Crippen LogP contribution in [0.2, 0.25) is 0 Å². The van der Waals surface area contributed by atoms with Gasteiger partial charge < -0.3 is 9.47 Å². The average Bonchev–Trinajstić information content (AvgIpc) is 2.68. The molecule has 2 aromatic rings. The van der Waals surface area contributed by atoms with Gasteiger partial charge in [0.05, 0.1) is 6.04 Å². The van der Waals surface area contributed by atoms with E-state index in [0.29, 0.717) is 23.0 Å². The zero-order valence-electron chi connectivity index (χ0n) is 14.1. The number of hydrogen-bond acceptors (Lipinski definition) is 4. The van der Waals surface area contributed by atoms with Gasteiger partial charge >= 0.3 is 0 Å². The van der Waals surface area contributed by atoms with E-state index in [1.54, 1.807) is 10.8 Å². The van der Waals surface area contributed by atoms with Gasteiger partial charge in [-0.15, -0.1) is 0 Å². The Balaban J connectivity index is 1.60. The van der Waals surface area contributed by atoms with Gasteiger partial charge in [-0.1, -0.05) is 37.5 Å². The molecule has 0 spiro atoms. The number of aromatic nitrogens is 1. The van der Waals surface area contributed by atoms with Crippen molar-refractivity contribution < 1.29 is 14.3 Å². The largest absolute Gasteiger partial charge is 0.485 e. The molecule has 0 radical (unpaired) electrons. The second kappa shape index (κ2) is 7.13. The fourth-order valence-electron chi connectivity index (χ4n) is 3.42. The molecule has 1 atom stereocenters. The van der Waals surface area contributed by atoms with E-state index in [-0.39, 0.29) is 12.5 Å². The second-order valence-electron chi connectivity index (χ2n) is 6.55. The number of fused-ring (bicyclic) bond motifs is 1. The molecule has 1 fully saturated rings. The van der Waals surface area contributed by atoms with Crippen LogP contribution in [0.5, 0.6) is 11.5 Å². The molecule has 130 valence electrons. The quantitative estimate of drug-likeness (QED) is 0.845. The smallest absolute Gasteiger partial charge is 0.276 e. The highest BCUT2D eigenvalue weighted by atomic mass is 16.6. The van der Waals surface area contributed by atoms with Gasteiger partial charge in [0, 0.05) is 6.20 Å². The Morgan fingerprint density at radius 1 is 1.00 bits per heavy atom. The van der Waals surface area contributed by atoms with E-state index in [0.717, 1.165) is 12.8 Å². The van der Waals surface area contributed by atoms with Crippen molar-refractivity contribution in [2.45, 2.75) is 44.2 Å². The summed E-state index contributed by atoms with van der Waals surface area (Å²) in [6.45, 7) is 0.209. The normalized spacial score (nSPS) is 21.1. The Kier molecular flexibility index (Phi) is 4.55. The predicted molar refractivity (Wildman–Crippen MR) is 93.8 cm³/mol. The van der Waals surface area contributed by atoms with Crippen LogP contribution in [0.15, 0.2) is 53.7 Å². The highest BCUT2D eigenvalue weighted by molar-refractivity contribution is 5.84. The van der Waals surface area contributed by atoms with Crippen LogP contribution >= 0.6 is 0 Å². The van der Waals surface area contributed by atoms with Crippen LogP contribution in [0.25, 0.3) is 0 Å². The van der Waals surface area contributed by atoms with Crippen molar-refractivity contribution in [1.82, 2.24) is 4.57 Å². The monoisotopic (exact) mass is 338 g/mol. The van der Waals surface area contributed by atoms with Crippen LogP contribution in [0, 0.1) is 0 Å². The van der Waals surface area contributed by atoms with Crippen LogP contribution in [0.1, 0.15) is 36.9 Å². The van der Waals surface area contributed by atoms with E-state index in [4.69, 9.17) is 14.5 Å². The molecular weight excluding hydrogens is 316 g/mol. The summed E-state index contributed by atoms with van der Waals surface area (Å²) in [7, 11) is 0. The van der Waals surface area contributed by atoms with E-state index in [9.17, 15) is 4.79 Å². The number of para-hydroxylation sites is 2. The third-order valence-corrected chi connectivity index (χ3v) is 4.75. The first kappa shape index (κ1) is 15.9. The molecule has 0 saturated heterocycles. The summed E-state index contributed by atoms with van der Waals surface area (Å²) in [6.07, 6.45) is 7.00. The Bertz CT molecular complexity index is 821. The van der Waals surface area contributed by atoms with Crippen LogP contribution in [0.4, 0.5) is 0 Å². The number of ether oxygens (including phenoxy) is 2. The number of pyridine rings is 1. The van der Waals surface area contributed by atoms with Gasteiger partial charge in [-0.2, -0.15) is 0 Å². The van der Waals surface area contributed by atoms with Gasteiger partial charge in [0.25, 0.3) is 5.91 Å². The third kappa shape index (κ3) is 3.45. The number of rotatable bonds is 2. The average molecular weight is 338 g/mol. The lowest BCUT2D eigenvalue weighted by atomic mass is 9.96. The van der Waals surface area contributed by atoms with E-state index in [2.05, 4.69) is 0 Å². The number of benzene rings is 1. The Morgan fingerprint density at radius 2 is 1.76 bits per heavy atom. The molecule has 5 heteroatoms. The number of nitrogens with zero attached hydrogens (tertiary/aromatic N) is 2. The van der Waals surface area contributed by atoms with Crippen molar-refractivity contribution >= 4 is 5.91 Å². The first-order valence-electron chi connectivity index (χ1n) is 8.95. The lowest BCUT2D eigenvalue weighted by Gasteiger charge is -2.26. The molecule has 0 bridgehead atoms. The van der Waals surface area contributed by atoms with Crippen molar-refractivity contribution in [3.8, 4) is 11.5 Å². The summed E-state index contributed by atoms with van der Waals surface area (Å²) >= 11 is 0. The maximum absolute atomic E-state index is 13.0. The van der Waals surface area contributed by atoms with Crippen LogP contribution < -0.4 is 15.0 Å². The highest BCUT2D eigenvalue weighted by Crippen LogP contribution is 2.31. The van der Waals surface area contributed by atoms with Crippen molar-refractivity contribution in [1.29, 1.82) is 0 Å². The van der Waals surface area contributed by atoms with Crippen LogP contribution in [0.3, 0.4) is 0 Å². The number of carbonyl (C=O) groups excluding carboxylic acids is 1. The third-order valence-electron chi connectivity index (χ3n) is 4.75. The molecular formula is C20H22N2O3. The molecule has 5 nitrogen and oxygen atoms in total. The van der Waals surface area contributed by atoms with E-state index < -0.39 is 6.10 Å². The zero-order chi connectivity index (χ0) is 17.1. The number of hydrogen-bond donors (Lipinski definition) is 0. The summed E-state index contributed by atoms with van der Waals surface area (Å²) in [4.78, 5) is 17.8. The summed E-state index contributed by atoms with van der Waals surface area (Å²) in [6, 6.07) is 13.4. The maximum Gasteiger partial charge on any atom is 0.276 e. The van der Waals surface area contributed by atoms with E-state index in [1.807, 2.05) is 42.5 Å². The minimum Gasteiger partial charge on any atom is -0.485 e. The maximum atomic E-state index is 13.0. The SMILES string of the molecule is O=C(C1COc2ccccc2O1)n1ccccc1=NC1CCCCC1. The molecule has 0 N–H and O–H groups in total. The van der Waals surface area contributed by atoms with Gasteiger partial charge in [0.1, 0.15) is 12.1 Å². The second-order valence-corrected chi connectivity index (χ2v) is 6.55. The molecule has 0 amide bonds. The Labute approximate surface area is 146 Å². The lowest BCUT2D eigenvalue weighted by Crippen LogP contribution is -2.43. The highest BCUT2D eigenvalue weighted by Gasteiger charge is 2.28. The molecule has 1 aliphatic heterocycles. The molecule has 1 aromatic carbocycles. The molecule has 2 aliphatic rings. The summed E-state index contributed by atoms with van der Waals surface area (Å²) < 4.78 is 13.1. The van der Waals surface area contributed by atoms with Crippen LogP contribution in [-0.4, -0.2) is 29.2 Å². The van der Waals surface area contributed by atoms with Crippen molar-refractivity contribution in [2.75, 3.05) is 6.61 Å². The van der Waals surface area contributed by atoms with Crippen molar-refractivity contribution in [3.63, 3.8) is 0 Å². The fourth-order valence-corrected chi connectivity index (χ4v) is 3.42. The minimum absolute atomic E-state index is 0.148. The van der Waals surface area contributed by atoms with Crippen molar-refractivity contribution in [2.24, 2.45) is 4.99 Å². The zero-order valence-corrected chi connectivity index (χ0v) is 14.1. The summed E-state index contributed by atoms with van der Waals surface area (Å²) in [5.41, 5.74) is 0.696. The van der Waals surface area contributed by atoms with Gasteiger partial charge in [-0.05, 0) is 37.1 Å². The van der Waals surface area contributed by atoms with Crippen molar-refractivity contribution in [3.05, 3.63) is 54.1 Å². The Hall–Kier alpha value is -2.56. The first-order valence-corrected chi connectivity index (χ1v) is 8.95. The topological polar surface area (TPSA) is 52.8 Å². The molecule has 1 aliphatic carbocycles. The van der Waals surface area contributed by atoms with E-state index >= 15 is 0 Å². The van der Waals surface area contributed by atoms with Gasteiger partial charge in [0.15, 0.2) is 11.5 Å². The summed E-state index contributed by atoms with van der Waals surface area (Å²) in [5, 5.41) is 0. The first-order chi connectivity index (χ1) is 12.3. The molecule has 1 saturated carbocycles. The number of carbonyl (C=O) groups is 1. The molecule has 4 rings (SSSR count). The molecule has 2 heterocycles. The predicted octanol–water partition coefficient (Wildman–Crippen LogP) is 3.20. The molecule has 25 heavy (non-hydrogen) atoms. The van der Waals surface area contributed by atoms with E-state index in [1.165, 1.54) is 19.3 Å². The molecule has 1 aromatic heterocycles. The van der Waals surface area contributed by atoms with Gasteiger partial charge in [-0.3, -0.25) is 14.4 Å². The van der Waals surface area contributed by atoms with Gasteiger partial charge in [0.2, 0.25) is 6.10 Å². The standard InChI is InChI=1S/C20H22N2O3/c23-20(18-14-24-16-10-4-5-11-17(16)25-18)22-13-7-6-12-19(22)21-15-8-2-1-3-9-15/h4-7,10-13,15,18H,1-3,8-9,14H2. The minimum atomic E-state index is -0.664. The summed E-state index contributed by atoms with van der Waals surface area (Å²) in [5.74, 6) is 1.13. The molecule has 1 unspecified atom stereocenters. The van der Waals surface area contributed by atoms with Crippen LogP contribution in [-0.2, 0) is 0 Å². The lowest BCUT2D eigenvalue weighted by molar-refractivity contribution is 0.0495. The fraction of sp³-hybridized carbons (Fsp3) is 0.400.